The van der Waals surface area contributed by atoms with Gasteiger partial charge in [0.25, 0.3) is 0 Å². The molecule has 146 valence electrons. The Labute approximate surface area is 177 Å². The molecule has 1 amide bonds. The maximum absolute atomic E-state index is 12.8. The van der Waals surface area contributed by atoms with E-state index in [0.29, 0.717) is 33.3 Å². The van der Waals surface area contributed by atoms with Crippen LogP contribution in [0.25, 0.3) is 11.5 Å². The molecule has 0 aliphatic heterocycles. The van der Waals surface area contributed by atoms with Gasteiger partial charge in [0.15, 0.2) is 11.0 Å². The summed E-state index contributed by atoms with van der Waals surface area (Å²) in [6, 6.07) is 11.0. The zero-order chi connectivity index (χ0) is 20.3. The van der Waals surface area contributed by atoms with Gasteiger partial charge < -0.3 is 9.88 Å². The van der Waals surface area contributed by atoms with E-state index in [2.05, 4.69) is 20.5 Å². The molecule has 6 nitrogen and oxygen atoms in total. The average Bonchev–Trinajstić information content (AvgIpc) is 3.06. The molecule has 0 atom stereocenters. The molecule has 0 bridgehead atoms. The summed E-state index contributed by atoms with van der Waals surface area (Å²) in [7, 11) is 0. The Balaban J connectivity index is 1.84. The van der Waals surface area contributed by atoms with E-state index in [1.54, 1.807) is 6.07 Å². The van der Waals surface area contributed by atoms with Gasteiger partial charge in [0.1, 0.15) is 5.69 Å². The first-order chi connectivity index (χ1) is 13.3. The number of pyridine rings is 1. The molecule has 1 aromatic carbocycles. The molecule has 0 saturated heterocycles. The van der Waals surface area contributed by atoms with Crippen molar-refractivity contribution in [2.24, 2.45) is 0 Å². The Morgan fingerprint density at radius 1 is 1.18 bits per heavy atom. The number of carbonyl (C=O) groups excluding carboxylic acids is 1. The van der Waals surface area contributed by atoms with Crippen molar-refractivity contribution in [3.8, 4) is 11.5 Å². The first-order valence-electron chi connectivity index (χ1n) is 8.62. The van der Waals surface area contributed by atoms with Crippen LogP contribution in [0.1, 0.15) is 20.8 Å². The summed E-state index contributed by atoms with van der Waals surface area (Å²) in [5.41, 5.74) is 1.32. The highest BCUT2D eigenvalue weighted by atomic mass is 35.5. The monoisotopic (exact) mass is 435 g/mol. The SMILES string of the molecule is CCn1c(SC(C)(C)C(=O)Nc2ccccc2)nnc1-c1cc(Cl)c(Cl)cn1. The van der Waals surface area contributed by atoms with Gasteiger partial charge in [-0.25, -0.2) is 0 Å². The Morgan fingerprint density at radius 3 is 2.54 bits per heavy atom. The van der Waals surface area contributed by atoms with Crippen molar-refractivity contribution in [3.05, 3.63) is 52.6 Å². The maximum atomic E-state index is 12.8. The second-order valence-electron chi connectivity index (χ2n) is 6.47. The lowest BCUT2D eigenvalue weighted by atomic mass is 10.2. The van der Waals surface area contributed by atoms with Gasteiger partial charge in [-0.05, 0) is 39.0 Å². The third-order valence-corrected chi connectivity index (χ3v) is 5.89. The highest BCUT2D eigenvalue weighted by Gasteiger charge is 2.32. The van der Waals surface area contributed by atoms with Crippen LogP contribution in [0.15, 0.2) is 47.8 Å². The first-order valence-corrected chi connectivity index (χ1v) is 10.2. The normalized spacial score (nSPS) is 11.5. The van der Waals surface area contributed by atoms with Crippen molar-refractivity contribution in [1.29, 1.82) is 0 Å². The number of amides is 1. The van der Waals surface area contributed by atoms with Crippen molar-refractivity contribution in [1.82, 2.24) is 19.7 Å². The third-order valence-electron chi connectivity index (χ3n) is 4.00. The zero-order valence-electron chi connectivity index (χ0n) is 15.6. The van der Waals surface area contributed by atoms with Crippen molar-refractivity contribution in [2.75, 3.05) is 5.32 Å². The number of para-hydroxylation sites is 1. The second-order valence-corrected chi connectivity index (χ2v) is 8.87. The van der Waals surface area contributed by atoms with Gasteiger partial charge in [-0.1, -0.05) is 53.2 Å². The van der Waals surface area contributed by atoms with E-state index in [1.165, 1.54) is 18.0 Å². The summed E-state index contributed by atoms with van der Waals surface area (Å²) in [6.07, 6.45) is 1.48. The molecule has 0 spiro atoms. The molecule has 1 N–H and O–H groups in total. The first kappa shape index (κ1) is 20.6. The quantitative estimate of drug-likeness (QED) is 0.540. The fourth-order valence-corrected chi connectivity index (χ4v) is 3.72. The standard InChI is InChI=1S/C19H19Cl2N5OS/c1-4-26-16(15-10-13(20)14(21)11-22-15)24-25-18(26)28-19(2,3)17(27)23-12-8-6-5-7-9-12/h5-11H,4H2,1-3H3,(H,23,27). The number of nitrogens with zero attached hydrogens (tertiary/aromatic N) is 4. The van der Waals surface area contributed by atoms with Gasteiger partial charge >= 0.3 is 0 Å². The Hall–Kier alpha value is -2.09. The van der Waals surface area contributed by atoms with Crippen LogP contribution >= 0.6 is 35.0 Å². The number of halogens is 2. The zero-order valence-corrected chi connectivity index (χ0v) is 17.9. The van der Waals surface area contributed by atoms with Crippen LogP contribution in [-0.2, 0) is 11.3 Å². The number of benzene rings is 1. The highest BCUT2D eigenvalue weighted by Crippen LogP contribution is 2.34. The smallest absolute Gasteiger partial charge is 0.240 e. The Kier molecular flexibility index (Phi) is 6.27. The molecule has 0 aliphatic rings. The average molecular weight is 436 g/mol. The number of carbonyl (C=O) groups is 1. The van der Waals surface area contributed by atoms with Crippen LogP contribution in [0.3, 0.4) is 0 Å². The maximum Gasteiger partial charge on any atom is 0.240 e. The number of hydrogen-bond acceptors (Lipinski definition) is 5. The lowest BCUT2D eigenvalue weighted by molar-refractivity contribution is -0.117. The van der Waals surface area contributed by atoms with Crippen LogP contribution in [-0.4, -0.2) is 30.4 Å². The van der Waals surface area contributed by atoms with Crippen molar-refractivity contribution in [3.63, 3.8) is 0 Å². The molecule has 0 fully saturated rings. The second kappa shape index (κ2) is 8.51. The van der Waals surface area contributed by atoms with Crippen LogP contribution < -0.4 is 5.32 Å². The molecule has 0 unspecified atom stereocenters. The van der Waals surface area contributed by atoms with E-state index >= 15 is 0 Å². The van der Waals surface area contributed by atoms with Gasteiger partial charge in [0.2, 0.25) is 5.91 Å². The van der Waals surface area contributed by atoms with Gasteiger partial charge in [0.05, 0.1) is 14.8 Å². The molecule has 0 radical (unpaired) electrons. The summed E-state index contributed by atoms with van der Waals surface area (Å²) < 4.78 is 1.13. The van der Waals surface area contributed by atoms with Gasteiger partial charge in [0, 0.05) is 18.4 Å². The molecule has 28 heavy (non-hydrogen) atoms. The Bertz CT molecular complexity index is 991. The molecular weight excluding hydrogens is 417 g/mol. The summed E-state index contributed by atoms with van der Waals surface area (Å²) in [5.74, 6) is 0.450. The Morgan fingerprint density at radius 2 is 1.89 bits per heavy atom. The van der Waals surface area contributed by atoms with Crippen LogP contribution in [0, 0.1) is 0 Å². The van der Waals surface area contributed by atoms with Crippen molar-refractivity contribution < 1.29 is 4.79 Å². The molecule has 3 rings (SSSR count). The summed E-state index contributed by atoms with van der Waals surface area (Å²) in [6.45, 7) is 6.29. The van der Waals surface area contributed by atoms with E-state index < -0.39 is 4.75 Å². The van der Waals surface area contributed by atoms with Crippen LogP contribution in [0.5, 0.6) is 0 Å². The number of hydrogen-bond donors (Lipinski definition) is 1. The molecule has 2 aromatic heterocycles. The number of nitrogens with one attached hydrogen (secondary N) is 1. The topological polar surface area (TPSA) is 72.7 Å². The van der Waals surface area contributed by atoms with E-state index in [-0.39, 0.29) is 5.91 Å². The van der Waals surface area contributed by atoms with E-state index in [4.69, 9.17) is 23.2 Å². The highest BCUT2D eigenvalue weighted by molar-refractivity contribution is 8.01. The summed E-state index contributed by atoms with van der Waals surface area (Å²) in [5, 5.41) is 12.8. The molecule has 9 heteroatoms. The van der Waals surface area contributed by atoms with E-state index in [9.17, 15) is 4.79 Å². The minimum absolute atomic E-state index is 0.122. The number of rotatable bonds is 6. The largest absolute Gasteiger partial charge is 0.325 e. The van der Waals surface area contributed by atoms with Crippen molar-refractivity contribution in [2.45, 2.75) is 37.2 Å². The van der Waals surface area contributed by atoms with Gasteiger partial charge in [-0.3, -0.25) is 9.78 Å². The number of anilines is 1. The number of thioether (sulfide) groups is 1. The lowest BCUT2D eigenvalue weighted by Crippen LogP contribution is -2.34. The predicted molar refractivity (Wildman–Crippen MR) is 114 cm³/mol. The molecule has 2 heterocycles. The lowest BCUT2D eigenvalue weighted by Gasteiger charge is -2.22. The van der Waals surface area contributed by atoms with Crippen molar-refractivity contribution >= 4 is 46.6 Å². The van der Waals surface area contributed by atoms with Gasteiger partial charge in [-0.15, -0.1) is 10.2 Å². The molecule has 0 saturated carbocycles. The molecular formula is C19H19Cl2N5OS. The van der Waals surface area contributed by atoms with E-state index in [1.807, 2.05) is 55.7 Å². The third kappa shape index (κ3) is 4.48. The molecule has 0 aliphatic carbocycles. The summed E-state index contributed by atoms with van der Waals surface area (Å²) in [4.78, 5) is 17.1. The fourth-order valence-electron chi connectivity index (χ4n) is 2.45. The predicted octanol–water partition coefficient (Wildman–Crippen LogP) is 5.18. The number of aromatic nitrogens is 4. The van der Waals surface area contributed by atoms with Gasteiger partial charge in [-0.2, -0.15) is 0 Å². The van der Waals surface area contributed by atoms with Crippen LogP contribution in [0.4, 0.5) is 5.69 Å². The summed E-state index contributed by atoms with van der Waals surface area (Å²) >= 11 is 13.4. The minimum atomic E-state index is -0.766. The minimum Gasteiger partial charge on any atom is -0.325 e. The van der Waals surface area contributed by atoms with Crippen LogP contribution in [0.2, 0.25) is 10.0 Å². The fraction of sp³-hybridized carbons (Fsp3) is 0.263. The van der Waals surface area contributed by atoms with E-state index in [0.717, 1.165) is 5.69 Å². The molecule has 3 aromatic rings.